The Bertz CT molecular complexity index is 1100. The van der Waals surface area contributed by atoms with Crippen LogP contribution >= 0.6 is 0 Å². The van der Waals surface area contributed by atoms with Crippen LogP contribution in [0.25, 0.3) is 10.9 Å². The highest BCUT2D eigenvalue weighted by Crippen LogP contribution is 2.27. The van der Waals surface area contributed by atoms with Crippen LogP contribution in [-0.2, 0) is 0 Å². The fourth-order valence-electron chi connectivity index (χ4n) is 4.04. The van der Waals surface area contributed by atoms with Crippen molar-refractivity contribution in [3.05, 3.63) is 59.7 Å². The highest BCUT2D eigenvalue weighted by atomic mass is 19.1. The van der Waals surface area contributed by atoms with E-state index in [0.29, 0.717) is 18.4 Å². The first kappa shape index (κ1) is 21.0. The Balaban J connectivity index is 1.36. The van der Waals surface area contributed by atoms with Crippen LogP contribution in [0.1, 0.15) is 29.6 Å². The minimum Gasteiger partial charge on any atom is -0.362 e. The van der Waals surface area contributed by atoms with Gasteiger partial charge in [0.2, 0.25) is 5.95 Å². The molecule has 6 nitrogen and oxygen atoms in total. The van der Waals surface area contributed by atoms with Crippen LogP contribution in [0.4, 0.5) is 20.5 Å². The first-order chi connectivity index (χ1) is 14.9. The van der Waals surface area contributed by atoms with Gasteiger partial charge in [-0.3, -0.25) is 4.79 Å². The lowest BCUT2D eigenvalue weighted by molar-refractivity contribution is 0.0933. The zero-order valence-electron chi connectivity index (χ0n) is 17.5. The predicted octanol–water partition coefficient (Wildman–Crippen LogP) is 3.98. The van der Waals surface area contributed by atoms with Crippen molar-refractivity contribution in [2.45, 2.75) is 25.3 Å². The van der Waals surface area contributed by atoms with Gasteiger partial charge >= 0.3 is 0 Å². The molecule has 4 rings (SSSR count). The molecule has 1 aromatic heterocycles. The zero-order chi connectivity index (χ0) is 22.0. The summed E-state index contributed by atoms with van der Waals surface area (Å²) in [4.78, 5) is 23.6. The van der Waals surface area contributed by atoms with Gasteiger partial charge in [-0.2, -0.15) is 4.98 Å². The van der Waals surface area contributed by atoms with Gasteiger partial charge in [0.25, 0.3) is 5.91 Å². The standard InChI is InChI=1S/C23H25F2N5O/c1-30(2)21-18-5-3-4-6-20(18)28-23(29-21)26-13-14-7-9-16(11-14)27-22(31)17-10-8-15(24)12-19(17)25/h3-6,8,10,12,14,16H,7,9,11,13H2,1-2H3,(H,27,31)(H,26,28,29)/t14-,16+/m1/s1. The van der Waals surface area contributed by atoms with Gasteiger partial charge in [-0.05, 0) is 49.4 Å². The van der Waals surface area contributed by atoms with E-state index in [4.69, 9.17) is 0 Å². The van der Waals surface area contributed by atoms with Gasteiger partial charge in [0.15, 0.2) is 0 Å². The second kappa shape index (κ2) is 8.83. The minimum absolute atomic E-state index is 0.0430. The number of rotatable bonds is 6. The van der Waals surface area contributed by atoms with Crippen molar-refractivity contribution in [1.29, 1.82) is 0 Å². The highest BCUT2D eigenvalue weighted by Gasteiger charge is 2.27. The number of para-hydroxylation sites is 1. The average Bonchev–Trinajstić information content (AvgIpc) is 3.18. The first-order valence-electron chi connectivity index (χ1n) is 10.3. The Kier molecular flexibility index (Phi) is 5.97. The Labute approximate surface area is 179 Å². The van der Waals surface area contributed by atoms with Crippen LogP contribution in [0, 0.1) is 17.6 Å². The molecule has 0 saturated heterocycles. The van der Waals surface area contributed by atoms with Crippen LogP contribution in [0.15, 0.2) is 42.5 Å². The molecule has 2 atom stereocenters. The molecule has 3 aromatic rings. The normalized spacial score (nSPS) is 18.2. The van der Waals surface area contributed by atoms with Crippen LogP contribution in [0.5, 0.6) is 0 Å². The van der Waals surface area contributed by atoms with E-state index in [9.17, 15) is 13.6 Å². The molecule has 0 aliphatic heterocycles. The van der Waals surface area contributed by atoms with Crippen molar-refractivity contribution in [1.82, 2.24) is 15.3 Å². The molecule has 31 heavy (non-hydrogen) atoms. The van der Waals surface area contributed by atoms with Gasteiger partial charge in [-0.1, -0.05) is 12.1 Å². The molecule has 1 amide bonds. The van der Waals surface area contributed by atoms with Crippen molar-refractivity contribution in [2.75, 3.05) is 30.9 Å². The summed E-state index contributed by atoms with van der Waals surface area (Å²) < 4.78 is 26.9. The third-order valence-corrected chi connectivity index (χ3v) is 5.61. The molecule has 0 bridgehead atoms. The van der Waals surface area contributed by atoms with E-state index in [1.807, 2.05) is 43.3 Å². The van der Waals surface area contributed by atoms with Gasteiger partial charge in [0.05, 0.1) is 11.1 Å². The Hall–Kier alpha value is -3.29. The van der Waals surface area contributed by atoms with E-state index in [0.717, 1.165) is 48.1 Å². The Morgan fingerprint density at radius 1 is 1.13 bits per heavy atom. The van der Waals surface area contributed by atoms with Crippen molar-refractivity contribution >= 4 is 28.6 Å². The van der Waals surface area contributed by atoms with E-state index in [1.54, 1.807) is 0 Å². The molecule has 1 aliphatic carbocycles. The summed E-state index contributed by atoms with van der Waals surface area (Å²) in [5.74, 6) is -0.298. The van der Waals surface area contributed by atoms with E-state index >= 15 is 0 Å². The van der Waals surface area contributed by atoms with Crippen molar-refractivity contribution < 1.29 is 13.6 Å². The molecule has 0 radical (unpaired) electrons. The van der Waals surface area contributed by atoms with Crippen molar-refractivity contribution in [3.63, 3.8) is 0 Å². The zero-order valence-corrected chi connectivity index (χ0v) is 17.5. The molecule has 162 valence electrons. The molecule has 2 aromatic carbocycles. The van der Waals surface area contributed by atoms with Gasteiger partial charge in [0.1, 0.15) is 17.5 Å². The molecule has 0 unspecified atom stereocenters. The van der Waals surface area contributed by atoms with Gasteiger partial charge < -0.3 is 15.5 Å². The van der Waals surface area contributed by atoms with E-state index in [1.165, 1.54) is 6.07 Å². The summed E-state index contributed by atoms with van der Waals surface area (Å²) >= 11 is 0. The smallest absolute Gasteiger partial charge is 0.254 e. The number of carbonyl (C=O) groups excluding carboxylic acids is 1. The first-order valence-corrected chi connectivity index (χ1v) is 10.3. The fourth-order valence-corrected chi connectivity index (χ4v) is 4.04. The summed E-state index contributed by atoms with van der Waals surface area (Å²) in [6, 6.07) is 10.8. The van der Waals surface area contributed by atoms with Crippen molar-refractivity contribution in [3.8, 4) is 0 Å². The second-order valence-electron chi connectivity index (χ2n) is 8.14. The number of nitrogens with one attached hydrogen (secondary N) is 2. The molecule has 0 spiro atoms. The number of benzene rings is 2. The molecule has 2 N–H and O–H groups in total. The summed E-state index contributed by atoms with van der Waals surface area (Å²) in [5.41, 5.74) is 0.741. The molecule has 1 heterocycles. The Morgan fingerprint density at radius 2 is 1.94 bits per heavy atom. The summed E-state index contributed by atoms with van der Waals surface area (Å²) in [6.07, 6.45) is 2.51. The minimum atomic E-state index is -0.848. The number of fused-ring (bicyclic) bond motifs is 1. The van der Waals surface area contributed by atoms with Crippen LogP contribution in [-0.4, -0.2) is 42.6 Å². The SMILES string of the molecule is CN(C)c1nc(NC[C@@H]2CC[C@H](NC(=O)c3ccc(F)cc3F)C2)nc2ccccc12. The molecule has 1 aliphatic rings. The van der Waals surface area contributed by atoms with Crippen LogP contribution in [0.2, 0.25) is 0 Å². The quantitative estimate of drug-likeness (QED) is 0.625. The molecule has 1 fully saturated rings. The third kappa shape index (κ3) is 4.73. The molecule has 8 heteroatoms. The topological polar surface area (TPSA) is 70.2 Å². The molecule has 1 saturated carbocycles. The molecular formula is C23H25F2N5O. The highest BCUT2D eigenvalue weighted by molar-refractivity contribution is 5.94. The summed E-state index contributed by atoms with van der Waals surface area (Å²) in [7, 11) is 3.90. The number of carbonyl (C=O) groups is 1. The van der Waals surface area contributed by atoms with E-state index in [2.05, 4.69) is 20.6 Å². The number of halogens is 2. The van der Waals surface area contributed by atoms with Crippen LogP contribution in [0.3, 0.4) is 0 Å². The molecular weight excluding hydrogens is 400 g/mol. The van der Waals surface area contributed by atoms with E-state index in [-0.39, 0.29) is 11.6 Å². The average molecular weight is 425 g/mol. The lowest BCUT2D eigenvalue weighted by Gasteiger charge is -2.17. The number of nitrogens with zero attached hydrogens (tertiary/aromatic N) is 3. The maximum atomic E-state index is 13.8. The monoisotopic (exact) mass is 425 g/mol. The largest absolute Gasteiger partial charge is 0.362 e. The van der Waals surface area contributed by atoms with Gasteiger partial charge in [0, 0.05) is 38.1 Å². The summed E-state index contributed by atoms with van der Waals surface area (Å²) in [6.45, 7) is 0.683. The fraction of sp³-hybridized carbons (Fsp3) is 0.348. The van der Waals surface area contributed by atoms with Crippen molar-refractivity contribution in [2.24, 2.45) is 5.92 Å². The van der Waals surface area contributed by atoms with Gasteiger partial charge in [-0.15, -0.1) is 0 Å². The summed E-state index contributed by atoms with van der Waals surface area (Å²) in [5, 5.41) is 7.19. The number of hydrogen-bond donors (Lipinski definition) is 2. The predicted molar refractivity (Wildman–Crippen MR) is 117 cm³/mol. The number of anilines is 2. The number of amides is 1. The van der Waals surface area contributed by atoms with E-state index < -0.39 is 17.5 Å². The third-order valence-electron chi connectivity index (χ3n) is 5.61. The lowest BCUT2D eigenvalue weighted by atomic mass is 10.1. The van der Waals surface area contributed by atoms with Gasteiger partial charge in [-0.25, -0.2) is 13.8 Å². The maximum Gasteiger partial charge on any atom is 0.254 e. The Morgan fingerprint density at radius 3 is 2.71 bits per heavy atom. The number of hydrogen-bond acceptors (Lipinski definition) is 5. The maximum absolute atomic E-state index is 13.8. The number of aromatic nitrogens is 2. The van der Waals surface area contributed by atoms with Crippen LogP contribution < -0.4 is 15.5 Å². The second-order valence-corrected chi connectivity index (χ2v) is 8.14. The lowest BCUT2D eigenvalue weighted by Crippen LogP contribution is -2.33.